The third-order valence-electron chi connectivity index (χ3n) is 4.15. The summed E-state index contributed by atoms with van der Waals surface area (Å²) in [5.74, 6) is 0.887. The Balaban J connectivity index is 2.11. The first-order valence-corrected chi connectivity index (χ1v) is 7.73. The number of hydrogen-bond donors (Lipinski definition) is 1. The molecule has 0 aromatic heterocycles. The van der Waals surface area contributed by atoms with E-state index in [4.69, 9.17) is 9.47 Å². The molecule has 0 spiro atoms. The lowest BCUT2D eigenvalue weighted by molar-refractivity contribution is -0.127. The first-order chi connectivity index (χ1) is 9.65. The molecule has 112 valence electrons. The van der Waals surface area contributed by atoms with E-state index in [9.17, 15) is 5.11 Å². The molecular weight excluding hydrogens is 252 g/mol. The monoisotopic (exact) mass is 278 g/mol. The van der Waals surface area contributed by atoms with E-state index in [1.807, 2.05) is 31.2 Å². The maximum absolute atomic E-state index is 10.7. The number of hydrogen-bond acceptors (Lipinski definition) is 3. The van der Waals surface area contributed by atoms with Gasteiger partial charge in [0.05, 0.1) is 11.7 Å². The summed E-state index contributed by atoms with van der Waals surface area (Å²) in [5.41, 5.74) is 0.401. The van der Waals surface area contributed by atoms with Gasteiger partial charge in [-0.15, -0.1) is 0 Å². The molecule has 1 atom stereocenters. The third kappa shape index (κ3) is 3.33. The van der Waals surface area contributed by atoms with Crippen LogP contribution in [0.25, 0.3) is 0 Å². The molecule has 1 unspecified atom stereocenters. The van der Waals surface area contributed by atoms with Crippen LogP contribution < -0.4 is 4.74 Å². The summed E-state index contributed by atoms with van der Waals surface area (Å²) in [5, 5.41) is 10.7. The third-order valence-corrected chi connectivity index (χ3v) is 4.15. The molecule has 2 rings (SSSR count). The van der Waals surface area contributed by atoms with E-state index < -0.39 is 11.7 Å². The minimum absolute atomic E-state index is 0.402. The van der Waals surface area contributed by atoms with Crippen LogP contribution in [0.1, 0.15) is 58.1 Å². The first-order valence-electron chi connectivity index (χ1n) is 7.73. The normalized spacial score (nSPS) is 17.0. The van der Waals surface area contributed by atoms with E-state index in [0.29, 0.717) is 12.7 Å². The highest BCUT2D eigenvalue weighted by Gasteiger charge is 2.36. The van der Waals surface area contributed by atoms with Gasteiger partial charge >= 0.3 is 0 Å². The maximum atomic E-state index is 10.7. The summed E-state index contributed by atoms with van der Waals surface area (Å²) in [7, 11) is 0. The average molecular weight is 278 g/mol. The molecule has 1 aromatic rings. The van der Waals surface area contributed by atoms with Crippen LogP contribution in [0.15, 0.2) is 24.3 Å². The van der Waals surface area contributed by atoms with E-state index in [-0.39, 0.29) is 0 Å². The minimum Gasteiger partial charge on any atom is -0.490 e. The molecule has 1 saturated carbocycles. The Morgan fingerprint density at radius 1 is 1.15 bits per heavy atom. The Morgan fingerprint density at radius 2 is 1.75 bits per heavy atom. The molecule has 20 heavy (non-hydrogen) atoms. The second-order valence-corrected chi connectivity index (χ2v) is 5.49. The molecular formula is C17H26O3. The highest BCUT2D eigenvalue weighted by Crippen LogP contribution is 2.36. The summed E-state index contributed by atoms with van der Waals surface area (Å²) in [6.45, 7) is 6.71. The van der Waals surface area contributed by atoms with Crippen molar-refractivity contribution in [2.45, 2.75) is 64.3 Å². The lowest BCUT2D eigenvalue weighted by Crippen LogP contribution is -2.38. The molecule has 1 aliphatic rings. The highest BCUT2D eigenvalue weighted by molar-refractivity contribution is 5.30. The van der Waals surface area contributed by atoms with Gasteiger partial charge in [-0.3, -0.25) is 0 Å². The maximum Gasteiger partial charge on any atom is 0.119 e. The molecule has 0 bridgehead atoms. The van der Waals surface area contributed by atoms with Gasteiger partial charge in [0.1, 0.15) is 11.9 Å². The fraction of sp³-hybridized carbons (Fsp3) is 0.647. The van der Waals surface area contributed by atoms with Crippen molar-refractivity contribution in [1.82, 2.24) is 0 Å². The van der Waals surface area contributed by atoms with Gasteiger partial charge < -0.3 is 14.6 Å². The topological polar surface area (TPSA) is 38.7 Å². The Kier molecular flexibility index (Phi) is 5.06. The number of aliphatic hydroxyl groups excluding tert-OH is 1. The summed E-state index contributed by atoms with van der Waals surface area (Å²) in [6.07, 6.45) is 3.69. The van der Waals surface area contributed by atoms with E-state index in [0.717, 1.165) is 37.0 Å². The lowest BCUT2D eigenvalue weighted by Gasteiger charge is -2.36. The average Bonchev–Trinajstić information content (AvgIpc) is 3.29. The molecule has 3 heteroatoms. The van der Waals surface area contributed by atoms with Crippen LogP contribution in [-0.2, 0) is 4.74 Å². The van der Waals surface area contributed by atoms with Crippen molar-refractivity contribution in [1.29, 1.82) is 0 Å². The second-order valence-electron chi connectivity index (χ2n) is 5.49. The van der Waals surface area contributed by atoms with Gasteiger partial charge in [-0.2, -0.15) is 0 Å². The van der Waals surface area contributed by atoms with Gasteiger partial charge in [-0.1, -0.05) is 26.0 Å². The Labute approximate surface area is 121 Å². The van der Waals surface area contributed by atoms with Crippen LogP contribution in [0.4, 0.5) is 0 Å². The van der Waals surface area contributed by atoms with Crippen LogP contribution in [0.2, 0.25) is 0 Å². The van der Waals surface area contributed by atoms with E-state index in [2.05, 4.69) is 13.8 Å². The Bertz CT molecular complexity index is 405. The first kappa shape index (κ1) is 15.3. The highest BCUT2D eigenvalue weighted by atomic mass is 16.5. The zero-order valence-corrected chi connectivity index (χ0v) is 12.8. The molecule has 1 fully saturated rings. The zero-order chi connectivity index (χ0) is 14.6. The summed E-state index contributed by atoms with van der Waals surface area (Å²) >= 11 is 0. The van der Waals surface area contributed by atoms with Crippen molar-refractivity contribution in [2.75, 3.05) is 6.61 Å². The van der Waals surface area contributed by atoms with Crippen LogP contribution >= 0.6 is 0 Å². The molecule has 0 radical (unpaired) electrons. The number of ether oxygens (including phenoxy) is 2. The SMILES string of the molecule is CCOC(CC)(CC)C(O)c1ccc(OC2CC2)cc1. The molecule has 0 saturated heterocycles. The zero-order valence-electron chi connectivity index (χ0n) is 12.8. The van der Waals surface area contributed by atoms with Crippen molar-refractivity contribution in [3.05, 3.63) is 29.8 Å². The van der Waals surface area contributed by atoms with Crippen molar-refractivity contribution in [3.63, 3.8) is 0 Å². The summed E-state index contributed by atoms with van der Waals surface area (Å²) in [6, 6.07) is 7.78. The van der Waals surface area contributed by atoms with Crippen LogP contribution in [0, 0.1) is 0 Å². The van der Waals surface area contributed by atoms with Crippen LogP contribution in [0.3, 0.4) is 0 Å². The minimum atomic E-state index is -0.604. The Morgan fingerprint density at radius 3 is 2.20 bits per heavy atom. The predicted molar refractivity (Wildman–Crippen MR) is 80.0 cm³/mol. The number of rotatable bonds is 8. The lowest BCUT2D eigenvalue weighted by atomic mass is 9.86. The summed E-state index contributed by atoms with van der Waals surface area (Å²) in [4.78, 5) is 0. The van der Waals surface area contributed by atoms with Crippen LogP contribution in [0.5, 0.6) is 5.75 Å². The van der Waals surface area contributed by atoms with Crippen molar-refractivity contribution < 1.29 is 14.6 Å². The van der Waals surface area contributed by atoms with E-state index >= 15 is 0 Å². The van der Waals surface area contributed by atoms with Gasteiger partial charge in [0.2, 0.25) is 0 Å². The largest absolute Gasteiger partial charge is 0.490 e. The van der Waals surface area contributed by atoms with Crippen molar-refractivity contribution in [3.8, 4) is 5.75 Å². The molecule has 0 amide bonds. The summed E-state index contributed by atoms with van der Waals surface area (Å²) < 4.78 is 11.6. The van der Waals surface area contributed by atoms with Crippen molar-refractivity contribution >= 4 is 0 Å². The smallest absolute Gasteiger partial charge is 0.119 e. The number of benzene rings is 1. The van der Waals surface area contributed by atoms with E-state index in [1.165, 1.54) is 0 Å². The molecule has 0 aliphatic heterocycles. The van der Waals surface area contributed by atoms with Crippen LogP contribution in [-0.4, -0.2) is 23.4 Å². The fourth-order valence-electron chi connectivity index (χ4n) is 2.62. The molecule has 1 aromatic carbocycles. The quantitative estimate of drug-likeness (QED) is 0.785. The molecule has 0 heterocycles. The van der Waals surface area contributed by atoms with Gasteiger partial charge in [0.25, 0.3) is 0 Å². The van der Waals surface area contributed by atoms with Gasteiger partial charge in [0.15, 0.2) is 0 Å². The Hall–Kier alpha value is -1.06. The molecule has 3 nitrogen and oxygen atoms in total. The fourth-order valence-corrected chi connectivity index (χ4v) is 2.62. The number of aliphatic hydroxyl groups is 1. The second kappa shape index (κ2) is 6.59. The molecule has 1 N–H and O–H groups in total. The van der Waals surface area contributed by atoms with Gasteiger partial charge in [-0.05, 0) is 50.3 Å². The standard InChI is InChI=1S/C17H26O3/c1-4-17(5-2,19-6-3)16(18)13-7-9-14(10-8-13)20-15-11-12-15/h7-10,15-16,18H,4-6,11-12H2,1-3H3. The van der Waals surface area contributed by atoms with Gasteiger partial charge in [0, 0.05) is 6.61 Å². The predicted octanol–water partition coefficient (Wildman–Crippen LogP) is 3.86. The van der Waals surface area contributed by atoms with Gasteiger partial charge in [-0.25, -0.2) is 0 Å². The molecule has 1 aliphatic carbocycles. The van der Waals surface area contributed by atoms with E-state index in [1.54, 1.807) is 0 Å². The van der Waals surface area contributed by atoms with Crippen molar-refractivity contribution in [2.24, 2.45) is 0 Å².